The van der Waals surface area contributed by atoms with E-state index in [9.17, 15) is 4.79 Å². The van der Waals surface area contributed by atoms with Gasteiger partial charge in [0.05, 0.1) is 3.79 Å². The van der Waals surface area contributed by atoms with Crippen LogP contribution in [0.25, 0.3) is 0 Å². The summed E-state index contributed by atoms with van der Waals surface area (Å²) >= 11 is 10.3. The van der Waals surface area contributed by atoms with Crippen molar-refractivity contribution >= 4 is 44.8 Å². The smallest absolute Gasteiger partial charge is 0.348 e. The van der Waals surface area contributed by atoms with Gasteiger partial charge in [0, 0.05) is 11.8 Å². The summed E-state index contributed by atoms with van der Waals surface area (Å²) in [4.78, 5) is 16.1. The van der Waals surface area contributed by atoms with Gasteiger partial charge >= 0.3 is 5.97 Å². The Labute approximate surface area is 116 Å². The second-order valence-electron chi connectivity index (χ2n) is 3.17. The third-order valence-electron chi connectivity index (χ3n) is 1.93. The standard InChI is InChI=1S/C11H7BrClNO2S/c12-9-3-2-8(17-9)11(15)16-6-7-1-4-10(13)14-5-7/h1-5H,6H2. The molecule has 0 spiro atoms. The average Bonchev–Trinajstić information content (AvgIpc) is 2.75. The van der Waals surface area contributed by atoms with Crippen LogP contribution < -0.4 is 0 Å². The fourth-order valence-electron chi connectivity index (χ4n) is 1.14. The summed E-state index contributed by atoms with van der Waals surface area (Å²) < 4.78 is 6.04. The molecule has 0 fully saturated rings. The summed E-state index contributed by atoms with van der Waals surface area (Å²) in [5.41, 5.74) is 0.804. The molecule has 0 aromatic carbocycles. The molecule has 0 aliphatic heterocycles. The summed E-state index contributed by atoms with van der Waals surface area (Å²) in [6.45, 7) is 0.193. The van der Waals surface area contributed by atoms with Gasteiger partial charge in [0.1, 0.15) is 16.6 Å². The van der Waals surface area contributed by atoms with Crippen molar-refractivity contribution in [2.24, 2.45) is 0 Å². The minimum Gasteiger partial charge on any atom is -0.457 e. The number of halogens is 2. The van der Waals surface area contributed by atoms with Gasteiger partial charge in [0.15, 0.2) is 0 Å². The third kappa shape index (κ3) is 3.52. The van der Waals surface area contributed by atoms with E-state index in [-0.39, 0.29) is 12.6 Å². The van der Waals surface area contributed by atoms with Gasteiger partial charge in [-0.2, -0.15) is 0 Å². The van der Waals surface area contributed by atoms with Crippen molar-refractivity contribution in [3.63, 3.8) is 0 Å². The monoisotopic (exact) mass is 331 g/mol. The number of aromatic nitrogens is 1. The van der Waals surface area contributed by atoms with E-state index >= 15 is 0 Å². The molecule has 0 aliphatic carbocycles. The summed E-state index contributed by atoms with van der Waals surface area (Å²) in [7, 11) is 0. The Morgan fingerprint density at radius 2 is 2.24 bits per heavy atom. The molecule has 0 N–H and O–H groups in total. The lowest BCUT2D eigenvalue weighted by Crippen LogP contribution is -2.03. The van der Waals surface area contributed by atoms with E-state index in [4.69, 9.17) is 16.3 Å². The maximum Gasteiger partial charge on any atom is 0.348 e. The van der Waals surface area contributed by atoms with Crippen LogP contribution in [0.4, 0.5) is 0 Å². The Balaban J connectivity index is 1.94. The number of hydrogen-bond acceptors (Lipinski definition) is 4. The lowest BCUT2D eigenvalue weighted by molar-refractivity contribution is 0.0478. The number of esters is 1. The Kier molecular flexibility index (Phi) is 4.15. The molecule has 2 aromatic rings. The number of carbonyl (C=O) groups is 1. The van der Waals surface area contributed by atoms with Gasteiger partial charge in [-0.25, -0.2) is 9.78 Å². The summed E-state index contributed by atoms with van der Waals surface area (Å²) in [6.07, 6.45) is 1.58. The van der Waals surface area contributed by atoms with Gasteiger partial charge in [0.2, 0.25) is 0 Å². The highest BCUT2D eigenvalue weighted by Gasteiger charge is 2.09. The molecule has 6 heteroatoms. The van der Waals surface area contributed by atoms with E-state index in [1.54, 1.807) is 24.4 Å². The largest absolute Gasteiger partial charge is 0.457 e. The molecule has 0 saturated heterocycles. The van der Waals surface area contributed by atoms with Gasteiger partial charge in [0.25, 0.3) is 0 Å². The molecule has 2 heterocycles. The van der Waals surface area contributed by atoms with Crippen molar-refractivity contribution in [1.82, 2.24) is 4.98 Å². The molecule has 0 unspecified atom stereocenters. The molecule has 2 aromatic heterocycles. The second-order valence-corrected chi connectivity index (χ2v) is 6.02. The van der Waals surface area contributed by atoms with E-state index < -0.39 is 0 Å². The van der Waals surface area contributed by atoms with Crippen LogP contribution in [0.3, 0.4) is 0 Å². The number of rotatable bonds is 3. The van der Waals surface area contributed by atoms with Crippen molar-refractivity contribution in [3.05, 3.63) is 49.8 Å². The van der Waals surface area contributed by atoms with Crippen LogP contribution in [-0.4, -0.2) is 11.0 Å². The average molecular weight is 333 g/mol. The Bertz CT molecular complexity index is 527. The van der Waals surface area contributed by atoms with Crippen molar-refractivity contribution in [3.8, 4) is 0 Å². The van der Waals surface area contributed by atoms with Crippen LogP contribution in [0.5, 0.6) is 0 Å². The molecule has 0 saturated carbocycles. The van der Waals surface area contributed by atoms with Crippen molar-refractivity contribution in [2.75, 3.05) is 0 Å². The highest BCUT2D eigenvalue weighted by atomic mass is 79.9. The van der Waals surface area contributed by atoms with Gasteiger partial charge in [-0.1, -0.05) is 17.7 Å². The molecule has 88 valence electrons. The van der Waals surface area contributed by atoms with Crippen molar-refractivity contribution < 1.29 is 9.53 Å². The molecule has 0 bridgehead atoms. The molecule has 0 amide bonds. The number of hydrogen-bond donors (Lipinski definition) is 0. The summed E-state index contributed by atoms with van der Waals surface area (Å²) in [6, 6.07) is 6.96. The van der Waals surface area contributed by atoms with Crippen LogP contribution in [0.1, 0.15) is 15.2 Å². The van der Waals surface area contributed by atoms with E-state index in [1.165, 1.54) is 11.3 Å². The van der Waals surface area contributed by atoms with Crippen molar-refractivity contribution in [1.29, 1.82) is 0 Å². The Hall–Kier alpha value is -0.910. The minimum atomic E-state index is -0.337. The first kappa shape index (κ1) is 12.5. The molecule has 0 atom stereocenters. The van der Waals surface area contributed by atoms with Gasteiger partial charge in [-0.3, -0.25) is 0 Å². The minimum absolute atomic E-state index is 0.193. The maximum absolute atomic E-state index is 11.6. The zero-order valence-corrected chi connectivity index (χ0v) is 11.7. The van der Waals surface area contributed by atoms with Crippen LogP contribution in [0.15, 0.2) is 34.2 Å². The summed E-state index contributed by atoms with van der Waals surface area (Å²) in [5, 5.41) is 0.419. The maximum atomic E-state index is 11.6. The first-order valence-corrected chi connectivity index (χ1v) is 6.67. The zero-order valence-electron chi connectivity index (χ0n) is 8.52. The van der Waals surface area contributed by atoms with Gasteiger partial charge in [-0.05, 0) is 34.1 Å². The number of pyridine rings is 1. The fourth-order valence-corrected chi connectivity index (χ4v) is 2.53. The zero-order chi connectivity index (χ0) is 12.3. The molecular formula is C11H7BrClNO2S. The predicted molar refractivity (Wildman–Crippen MR) is 70.4 cm³/mol. The highest BCUT2D eigenvalue weighted by molar-refractivity contribution is 9.11. The lowest BCUT2D eigenvalue weighted by atomic mass is 10.3. The van der Waals surface area contributed by atoms with E-state index in [0.29, 0.717) is 10.0 Å². The Morgan fingerprint density at radius 3 is 2.82 bits per heavy atom. The van der Waals surface area contributed by atoms with E-state index in [1.807, 2.05) is 6.07 Å². The number of ether oxygens (including phenoxy) is 1. The topological polar surface area (TPSA) is 39.2 Å². The number of nitrogens with zero attached hydrogens (tertiary/aromatic N) is 1. The normalized spacial score (nSPS) is 10.2. The third-order valence-corrected chi connectivity index (χ3v) is 3.76. The van der Waals surface area contributed by atoms with Gasteiger partial charge < -0.3 is 4.74 Å². The van der Waals surface area contributed by atoms with Crippen LogP contribution in [0, 0.1) is 0 Å². The SMILES string of the molecule is O=C(OCc1ccc(Cl)nc1)c1ccc(Br)s1. The molecule has 17 heavy (non-hydrogen) atoms. The number of thiophene rings is 1. The molecule has 0 aliphatic rings. The van der Waals surface area contributed by atoms with E-state index in [0.717, 1.165) is 9.35 Å². The first-order valence-electron chi connectivity index (χ1n) is 4.68. The molecule has 2 rings (SSSR count). The van der Waals surface area contributed by atoms with Crippen LogP contribution in [0.2, 0.25) is 5.15 Å². The highest BCUT2D eigenvalue weighted by Crippen LogP contribution is 2.22. The van der Waals surface area contributed by atoms with E-state index in [2.05, 4.69) is 20.9 Å². The summed E-state index contributed by atoms with van der Waals surface area (Å²) in [5.74, 6) is -0.337. The molecule has 3 nitrogen and oxygen atoms in total. The van der Waals surface area contributed by atoms with Crippen LogP contribution >= 0.6 is 38.9 Å². The molecule has 0 radical (unpaired) electrons. The lowest BCUT2D eigenvalue weighted by Gasteiger charge is -2.02. The predicted octanol–water partition coefficient (Wildman–Crippen LogP) is 3.92. The Morgan fingerprint density at radius 1 is 1.41 bits per heavy atom. The second kappa shape index (κ2) is 5.62. The quantitative estimate of drug-likeness (QED) is 0.632. The number of carbonyl (C=O) groups excluding carboxylic acids is 1. The molecular weight excluding hydrogens is 326 g/mol. The fraction of sp³-hybridized carbons (Fsp3) is 0.0909. The van der Waals surface area contributed by atoms with Gasteiger partial charge in [-0.15, -0.1) is 11.3 Å². The van der Waals surface area contributed by atoms with Crippen molar-refractivity contribution in [2.45, 2.75) is 6.61 Å². The van der Waals surface area contributed by atoms with Crippen LogP contribution in [-0.2, 0) is 11.3 Å². The first-order chi connectivity index (χ1) is 8.15.